The molecule has 2 nitrogen and oxygen atoms in total. The second kappa shape index (κ2) is 3.17. The van der Waals surface area contributed by atoms with Gasteiger partial charge in [0.05, 0.1) is 12.1 Å². The first-order valence-corrected chi connectivity index (χ1v) is 5.50. The lowest BCUT2D eigenvalue weighted by molar-refractivity contribution is 0.464. The molecule has 1 saturated heterocycles. The van der Waals surface area contributed by atoms with Gasteiger partial charge in [0.2, 0.25) is 0 Å². The highest BCUT2D eigenvalue weighted by Gasteiger charge is 2.35. The van der Waals surface area contributed by atoms with Gasteiger partial charge in [0.1, 0.15) is 5.82 Å². The third kappa shape index (κ3) is 1.40. The van der Waals surface area contributed by atoms with Gasteiger partial charge in [-0.05, 0) is 48.3 Å². The molecule has 1 fully saturated rings. The molecule has 0 spiro atoms. The largest absolute Gasteiger partial charge is 0.358 e. The van der Waals surface area contributed by atoms with Crippen molar-refractivity contribution in [2.24, 2.45) is 0 Å². The zero-order chi connectivity index (χ0) is 10.4. The summed E-state index contributed by atoms with van der Waals surface area (Å²) in [6.45, 7) is 0. The molecule has 2 atom stereocenters. The number of benzene rings is 1. The maximum absolute atomic E-state index is 13.1. The Labute approximate surface area is 92.9 Å². The van der Waals surface area contributed by atoms with Crippen LogP contribution in [0.3, 0.4) is 0 Å². The third-order valence-corrected chi connectivity index (χ3v) is 3.41. The molecule has 1 aliphatic carbocycles. The minimum Gasteiger partial charge on any atom is -0.358 e. The van der Waals surface area contributed by atoms with E-state index in [4.69, 9.17) is 12.2 Å². The lowest BCUT2D eigenvalue weighted by Gasteiger charge is -2.27. The molecular weight excluding hydrogens is 211 g/mol. The number of fused-ring (bicyclic) bond motifs is 3. The molecule has 4 heteroatoms. The third-order valence-electron chi connectivity index (χ3n) is 3.17. The molecule has 2 aliphatic rings. The Balaban J connectivity index is 2.05. The van der Waals surface area contributed by atoms with Gasteiger partial charge in [0, 0.05) is 0 Å². The van der Waals surface area contributed by atoms with Crippen LogP contribution in [0.4, 0.5) is 4.39 Å². The number of thiocarbonyl (C=S) groups is 1. The Morgan fingerprint density at radius 1 is 1.33 bits per heavy atom. The average Bonchev–Trinajstić information content (AvgIpc) is 2.58. The van der Waals surface area contributed by atoms with Crippen molar-refractivity contribution >= 4 is 17.3 Å². The van der Waals surface area contributed by atoms with Crippen LogP contribution in [0, 0.1) is 5.82 Å². The van der Waals surface area contributed by atoms with Crippen molar-refractivity contribution in [3.63, 3.8) is 0 Å². The number of hydrogen-bond donors (Lipinski definition) is 2. The van der Waals surface area contributed by atoms with Crippen LogP contribution in [-0.2, 0) is 6.42 Å². The normalized spacial score (nSPS) is 27.7. The van der Waals surface area contributed by atoms with E-state index < -0.39 is 0 Å². The van der Waals surface area contributed by atoms with Crippen molar-refractivity contribution in [2.45, 2.75) is 24.9 Å². The van der Waals surface area contributed by atoms with E-state index >= 15 is 0 Å². The smallest absolute Gasteiger partial charge is 0.167 e. The van der Waals surface area contributed by atoms with Crippen molar-refractivity contribution in [1.82, 2.24) is 10.6 Å². The highest BCUT2D eigenvalue weighted by molar-refractivity contribution is 7.80. The van der Waals surface area contributed by atoms with Crippen molar-refractivity contribution in [2.75, 3.05) is 0 Å². The molecule has 0 bridgehead atoms. The maximum Gasteiger partial charge on any atom is 0.167 e. The van der Waals surface area contributed by atoms with E-state index in [1.165, 1.54) is 11.6 Å². The Bertz CT molecular complexity index is 433. The van der Waals surface area contributed by atoms with Gasteiger partial charge < -0.3 is 10.6 Å². The number of rotatable bonds is 0. The minimum absolute atomic E-state index is 0.152. The quantitative estimate of drug-likeness (QED) is 0.653. The lowest BCUT2D eigenvalue weighted by atomic mass is 9.85. The zero-order valence-electron chi connectivity index (χ0n) is 8.09. The van der Waals surface area contributed by atoms with Crippen LogP contribution in [0.2, 0.25) is 0 Å². The van der Waals surface area contributed by atoms with E-state index in [9.17, 15) is 4.39 Å². The first-order valence-electron chi connectivity index (χ1n) is 5.09. The highest BCUT2D eigenvalue weighted by Crippen LogP contribution is 2.32. The zero-order valence-corrected chi connectivity index (χ0v) is 8.90. The lowest BCUT2D eigenvalue weighted by Crippen LogP contribution is -2.31. The molecule has 0 amide bonds. The first kappa shape index (κ1) is 9.09. The Morgan fingerprint density at radius 2 is 2.20 bits per heavy atom. The van der Waals surface area contributed by atoms with Crippen molar-refractivity contribution in [1.29, 1.82) is 0 Å². The molecule has 2 N–H and O–H groups in total. The molecule has 0 radical (unpaired) electrons. The monoisotopic (exact) mass is 222 g/mol. The van der Waals surface area contributed by atoms with Crippen LogP contribution >= 0.6 is 12.2 Å². The summed E-state index contributed by atoms with van der Waals surface area (Å²) in [5, 5.41) is 7.18. The van der Waals surface area contributed by atoms with Crippen LogP contribution in [0.25, 0.3) is 0 Å². The van der Waals surface area contributed by atoms with E-state index in [1.54, 1.807) is 6.07 Å². The van der Waals surface area contributed by atoms with Gasteiger partial charge in [-0.3, -0.25) is 0 Å². The topological polar surface area (TPSA) is 24.1 Å². The van der Waals surface area contributed by atoms with Crippen molar-refractivity contribution in [3.8, 4) is 0 Å². The average molecular weight is 222 g/mol. The van der Waals surface area contributed by atoms with Crippen LogP contribution in [0.1, 0.15) is 23.6 Å². The summed E-state index contributed by atoms with van der Waals surface area (Å²) in [6.07, 6.45) is 1.93. The summed E-state index contributed by atoms with van der Waals surface area (Å²) in [6, 6.07) is 5.61. The Kier molecular flexibility index (Phi) is 1.92. The number of aryl methyl sites for hydroxylation is 1. The fourth-order valence-electron chi connectivity index (χ4n) is 2.47. The molecule has 1 aromatic rings. The van der Waals surface area contributed by atoms with Gasteiger partial charge in [-0.25, -0.2) is 4.39 Å². The number of halogens is 1. The molecule has 1 heterocycles. The fourth-order valence-corrected chi connectivity index (χ4v) is 2.75. The fraction of sp³-hybridized carbons (Fsp3) is 0.364. The summed E-state index contributed by atoms with van der Waals surface area (Å²) >= 11 is 5.09. The predicted octanol–water partition coefficient (Wildman–Crippen LogP) is 1.66. The molecule has 78 valence electrons. The summed E-state index contributed by atoms with van der Waals surface area (Å²) in [5.41, 5.74) is 2.29. The number of nitrogens with one attached hydrogen (secondary N) is 2. The summed E-state index contributed by atoms with van der Waals surface area (Å²) in [7, 11) is 0. The predicted molar refractivity (Wildman–Crippen MR) is 60.1 cm³/mol. The molecule has 1 aromatic carbocycles. The standard InChI is InChI=1S/C11H11FN2S/c12-7-2-3-8-6(5-7)1-4-9-10(8)14-11(15)13-9/h2-3,5,9-10H,1,4H2,(H2,13,14,15)/t9-,10-/m1/s1. The van der Waals surface area contributed by atoms with Gasteiger partial charge in [-0.2, -0.15) is 0 Å². The van der Waals surface area contributed by atoms with Crippen LogP contribution < -0.4 is 10.6 Å². The SMILES string of the molecule is Fc1ccc2c(c1)CC[C@H]1NC(=S)N[C@H]21. The molecule has 0 aromatic heterocycles. The maximum atomic E-state index is 13.1. The highest BCUT2D eigenvalue weighted by atomic mass is 32.1. The molecule has 1 aliphatic heterocycles. The van der Waals surface area contributed by atoms with Gasteiger partial charge >= 0.3 is 0 Å². The Hall–Kier alpha value is -1.16. The first-order chi connectivity index (χ1) is 7.24. The summed E-state index contributed by atoms with van der Waals surface area (Å²) < 4.78 is 13.1. The second-order valence-corrected chi connectivity index (χ2v) is 4.49. The van der Waals surface area contributed by atoms with Crippen molar-refractivity contribution in [3.05, 3.63) is 35.1 Å². The van der Waals surface area contributed by atoms with Gasteiger partial charge in [-0.15, -0.1) is 0 Å². The van der Waals surface area contributed by atoms with Gasteiger partial charge in [-0.1, -0.05) is 6.07 Å². The van der Waals surface area contributed by atoms with Gasteiger partial charge in [0.25, 0.3) is 0 Å². The molecule has 0 saturated carbocycles. The van der Waals surface area contributed by atoms with Gasteiger partial charge in [0.15, 0.2) is 5.11 Å². The number of hydrogen-bond acceptors (Lipinski definition) is 1. The summed E-state index contributed by atoms with van der Waals surface area (Å²) in [5.74, 6) is -0.152. The van der Waals surface area contributed by atoms with E-state index in [0.717, 1.165) is 18.4 Å². The second-order valence-electron chi connectivity index (χ2n) is 4.08. The molecule has 0 unspecified atom stereocenters. The molecule has 15 heavy (non-hydrogen) atoms. The van der Waals surface area contributed by atoms with E-state index in [0.29, 0.717) is 11.2 Å². The molecular formula is C11H11FN2S. The Morgan fingerprint density at radius 3 is 3.07 bits per heavy atom. The van der Waals surface area contributed by atoms with Crippen LogP contribution in [0.5, 0.6) is 0 Å². The molecule has 3 rings (SSSR count). The van der Waals surface area contributed by atoms with Crippen molar-refractivity contribution < 1.29 is 4.39 Å². The summed E-state index contributed by atoms with van der Waals surface area (Å²) in [4.78, 5) is 0. The van der Waals surface area contributed by atoms with E-state index in [-0.39, 0.29) is 11.9 Å². The van der Waals surface area contributed by atoms with E-state index in [1.807, 2.05) is 6.07 Å². The minimum atomic E-state index is -0.152. The van der Waals surface area contributed by atoms with Crippen LogP contribution in [-0.4, -0.2) is 11.2 Å². The van der Waals surface area contributed by atoms with E-state index in [2.05, 4.69) is 10.6 Å². The van der Waals surface area contributed by atoms with Crippen LogP contribution in [0.15, 0.2) is 18.2 Å².